The Labute approximate surface area is 115 Å². The smallest absolute Gasteiger partial charge is 0.422 e. The van der Waals surface area contributed by atoms with Crippen LogP contribution in [-0.4, -0.2) is 25.3 Å². The molecule has 4 nitrogen and oxygen atoms in total. The Hall–Kier alpha value is -1.92. The van der Waals surface area contributed by atoms with Crippen molar-refractivity contribution in [1.29, 1.82) is 0 Å². The fourth-order valence-corrected chi connectivity index (χ4v) is 1.49. The Kier molecular flexibility index (Phi) is 5.66. The molecule has 3 N–H and O–H groups in total. The maximum absolute atomic E-state index is 12.2. The summed E-state index contributed by atoms with van der Waals surface area (Å²) in [5, 5.41) is 2.81. The van der Waals surface area contributed by atoms with Crippen molar-refractivity contribution < 1.29 is 17.9 Å². The van der Waals surface area contributed by atoms with Gasteiger partial charge >= 0.3 is 6.18 Å². The van der Waals surface area contributed by atoms with Crippen LogP contribution in [0, 0.1) is 6.92 Å². The quantitative estimate of drug-likeness (QED) is 0.646. The topological polar surface area (TPSA) is 59.6 Å². The normalized spacial score (nSPS) is 12.3. The van der Waals surface area contributed by atoms with Crippen molar-refractivity contribution >= 4 is 5.96 Å². The Morgan fingerprint density at radius 3 is 2.70 bits per heavy atom. The number of aryl methyl sites for hydroxylation is 1. The highest BCUT2D eigenvalue weighted by molar-refractivity contribution is 5.77. The molecule has 1 rings (SSSR count). The van der Waals surface area contributed by atoms with E-state index in [4.69, 9.17) is 10.5 Å². The SMILES string of the molecule is CCNC(N)=NCc1ccc(C)cc1OCC(F)(F)F. The van der Waals surface area contributed by atoms with Gasteiger partial charge in [-0.1, -0.05) is 12.1 Å². The van der Waals surface area contributed by atoms with Crippen LogP contribution >= 0.6 is 0 Å². The number of guanidine groups is 1. The molecular formula is C13H18F3N3O. The minimum atomic E-state index is -4.37. The summed E-state index contributed by atoms with van der Waals surface area (Å²) in [4.78, 5) is 4.04. The van der Waals surface area contributed by atoms with Crippen LogP contribution < -0.4 is 15.8 Å². The van der Waals surface area contributed by atoms with Crippen molar-refractivity contribution in [2.24, 2.45) is 10.7 Å². The van der Waals surface area contributed by atoms with Crippen molar-refractivity contribution in [2.75, 3.05) is 13.2 Å². The van der Waals surface area contributed by atoms with Gasteiger partial charge in [-0.15, -0.1) is 0 Å². The molecule has 0 atom stereocenters. The van der Waals surface area contributed by atoms with Gasteiger partial charge in [0.1, 0.15) is 5.75 Å². The van der Waals surface area contributed by atoms with Gasteiger partial charge in [-0.05, 0) is 25.5 Å². The van der Waals surface area contributed by atoms with Gasteiger partial charge in [0, 0.05) is 12.1 Å². The van der Waals surface area contributed by atoms with Crippen LogP contribution in [0.5, 0.6) is 5.75 Å². The van der Waals surface area contributed by atoms with Gasteiger partial charge in [-0.2, -0.15) is 13.2 Å². The van der Waals surface area contributed by atoms with Crippen LogP contribution in [-0.2, 0) is 6.54 Å². The second-order valence-electron chi connectivity index (χ2n) is 4.25. The van der Waals surface area contributed by atoms with E-state index in [2.05, 4.69) is 10.3 Å². The largest absolute Gasteiger partial charge is 0.484 e. The summed E-state index contributed by atoms with van der Waals surface area (Å²) in [6.07, 6.45) is -4.37. The average molecular weight is 289 g/mol. The highest BCUT2D eigenvalue weighted by atomic mass is 19.4. The van der Waals surface area contributed by atoms with Gasteiger partial charge in [-0.25, -0.2) is 4.99 Å². The van der Waals surface area contributed by atoms with Gasteiger partial charge in [-0.3, -0.25) is 0 Å². The number of hydrogen-bond acceptors (Lipinski definition) is 2. The molecule has 20 heavy (non-hydrogen) atoms. The molecule has 0 fully saturated rings. The maximum Gasteiger partial charge on any atom is 0.422 e. The highest BCUT2D eigenvalue weighted by Crippen LogP contribution is 2.24. The number of rotatable bonds is 5. The van der Waals surface area contributed by atoms with E-state index in [1.165, 1.54) is 0 Å². The molecule has 1 aromatic carbocycles. The van der Waals surface area contributed by atoms with Crippen molar-refractivity contribution in [3.63, 3.8) is 0 Å². The molecule has 0 aliphatic heterocycles. The van der Waals surface area contributed by atoms with Crippen LogP contribution in [0.2, 0.25) is 0 Å². The zero-order chi connectivity index (χ0) is 15.2. The third-order valence-electron chi connectivity index (χ3n) is 2.39. The van der Waals surface area contributed by atoms with E-state index in [9.17, 15) is 13.2 Å². The number of nitrogens with zero attached hydrogens (tertiary/aromatic N) is 1. The standard InChI is InChI=1S/C13H18F3N3O/c1-3-18-12(17)19-7-10-5-4-9(2)6-11(10)20-8-13(14,15)16/h4-6H,3,7-8H2,1-2H3,(H3,17,18,19). The van der Waals surface area contributed by atoms with E-state index in [0.717, 1.165) is 5.56 Å². The van der Waals surface area contributed by atoms with Crippen LogP contribution in [0.25, 0.3) is 0 Å². The van der Waals surface area contributed by atoms with E-state index >= 15 is 0 Å². The first-order chi connectivity index (χ1) is 9.31. The summed E-state index contributed by atoms with van der Waals surface area (Å²) in [7, 11) is 0. The molecule has 112 valence electrons. The van der Waals surface area contributed by atoms with Gasteiger partial charge in [0.25, 0.3) is 0 Å². The summed E-state index contributed by atoms with van der Waals surface area (Å²) in [6, 6.07) is 5.03. The predicted octanol–water partition coefficient (Wildman–Crippen LogP) is 2.36. The molecular weight excluding hydrogens is 271 g/mol. The van der Waals surface area contributed by atoms with E-state index in [0.29, 0.717) is 12.1 Å². The first kappa shape index (κ1) is 16.1. The molecule has 0 aliphatic rings. The number of nitrogens with two attached hydrogens (primary N) is 1. The molecule has 0 aromatic heterocycles. The fourth-order valence-electron chi connectivity index (χ4n) is 1.49. The number of nitrogens with one attached hydrogen (secondary N) is 1. The number of halogens is 3. The van der Waals surface area contributed by atoms with E-state index in [1.807, 2.05) is 6.92 Å². The highest BCUT2D eigenvalue weighted by Gasteiger charge is 2.28. The van der Waals surface area contributed by atoms with Crippen molar-refractivity contribution in [3.8, 4) is 5.75 Å². The van der Waals surface area contributed by atoms with Gasteiger partial charge in [0.2, 0.25) is 0 Å². The first-order valence-corrected chi connectivity index (χ1v) is 6.14. The van der Waals surface area contributed by atoms with Gasteiger partial charge < -0.3 is 15.8 Å². The molecule has 7 heteroatoms. The van der Waals surface area contributed by atoms with Gasteiger partial charge in [0.15, 0.2) is 12.6 Å². The van der Waals surface area contributed by atoms with Crippen LogP contribution in [0.3, 0.4) is 0 Å². The monoisotopic (exact) mass is 289 g/mol. The minimum Gasteiger partial charge on any atom is -0.484 e. The molecule has 0 amide bonds. The first-order valence-electron chi connectivity index (χ1n) is 6.14. The molecule has 0 bridgehead atoms. The third-order valence-corrected chi connectivity index (χ3v) is 2.39. The lowest BCUT2D eigenvalue weighted by Gasteiger charge is -2.13. The number of ether oxygens (including phenoxy) is 1. The number of alkyl halides is 3. The minimum absolute atomic E-state index is 0.159. The van der Waals surface area contributed by atoms with Crippen molar-refractivity contribution in [2.45, 2.75) is 26.6 Å². The molecule has 0 unspecified atom stereocenters. The Morgan fingerprint density at radius 2 is 2.10 bits per heavy atom. The van der Waals surface area contributed by atoms with E-state index in [1.54, 1.807) is 25.1 Å². The molecule has 1 aromatic rings. The van der Waals surface area contributed by atoms with E-state index < -0.39 is 12.8 Å². The third kappa shape index (κ3) is 5.81. The second-order valence-corrected chi connectivity index (χ2v) is 4.25. The summed E-state index contributed by atoms with van der Waals surface area (Å²) in [5.74, 6) is 0.421. The molecule has 0 radical (unpaired) electrons. The molecule has 0 heterocycles. The Bertz CT molecular complexity index is 472. The lowest BCUT2D eigenvalue weighted by molar-refractivity contribution is -0.153. The summed E-state index contributed by atoms with van der Waals surface area (Å²) in [5.41, 5.74) is 6.94. The Morgan fingerprint density at radius 1 is 1.40 bits per heavy atom. The fraction of sp³-hybridized carbons (Fsp3) is 0.462. The van der Waals surface area contributed by atoms with Crippen molar-refractivity contribution in [1.82, 2.24) is 5.32 Å². The summed E-state index contributed by atoms with van der Waals surface area (Å²) < 4.78 is 41.4. The maximum atomic E-state index is 12.2. The van der Waals surface area contributed by atoms with Crippen LogP contribution in [0.1, 0.15) is 18.1 Å². The lowest BCUT2D eigenvalue weighted by Crippen LogP contribution is -2.31. The van der Waals surface area contributed by atoms with Gasteiger partial charge in [0.05, 0.1) is 6.54 Å². The zero-order valence-electron chi connectivity index (χ0n) is 11.4. The molecule has 0 saturated heterocycles. The summed E-state index contributed by atoms with van der Waals surface area (Å²) >= 11 is 0. The predicted molar refractivity (Wildman–Crippen MR) is 71.7 cm³/mol. The molecule has 0 aliphatic carbocycles. The second kappa shape index (κ2) is 7.02. The average Bonchev–Trinajstić information content (AvgIpc) is 2.34. The molecule has 0 spiro atoms. The number of benzene rings is 1. The zero-order valence-corrected chi connectivity index (χ0v) is 11.4. The lowest BCUT2D eigenvalue weighted by atomic mass is 10.1. The van der Waals surface area contributed by atoms with Crippen molar-refractivity contribution in [3.05, 3.63) is 29.3 Å². The van der Waals surface area contributed by atoms with E-state index in [-0.39, 0.29) is 18.3 Å². The number of hydrogen-bond donors (Lipinski definition) is 2. The molecule has 0 saturated carbocycles. The number of aliphatic imine (C=N–C) groups is 1. The van der Waals surface area contributed by atoms with Crippen LogP contribution in [0.15, 0.2) is 23.2 Å². The summed E-state index contributed by atoms with van der Waals surface area (Å²) in [6.45, 7) is 3.11. The Balaban J connectivity index is 2.82. The van der Waals surface area contributed by atoms with Crippen LogP contribution in [0.4, 0.5) is 13.2 Å².